The topological polar surface area (TPSA) is 123 Å². The Morgan fingerprint density at radius 3 is 2.88 bits per heavy atom. The van der Waals surface area contributed by atoms with Gasteiger partial charge in [-0.3, -0.25) is 19.3 Å². The molecule has 2 N–H and O–H groups in total. The fourth-order valence-electron chi connectivity index (χ4n) is 2.27. The van der Waals surface area contributed by atoms with Crippen LogP contribution in [0.25, 0.3) is 5.65 Å². The first-order valence-electron chi connectivity index (χ1n) is 7.10. The van der Waals surface area contributed by atoms with Crippen molar-refractivity contribution in [2.24, 2.45) is 0 Å². The molecular weight excluding hydrogens is 314 g/mol. The van der Waals surface area contributed by atoms with Crippen LogP contribution in [0.3, 0.4) is 0 Å². The molecule has 0 radical (unpaired) electrons. The average Bonchev–Trinajstić information content (AvgIpc) is 2.97. The van der Waals surface area contributed by atoms with Crippen molar-refractivity contribution in [3.63, 3.8) is 0 Å². The van der Waals surface area contributed by atoms with Gasteiger partial charge in [0, 0.05) is 30.8 Å². The molecule has 1 aromatic carbocycles. The van der Waals surface area contributed by atoms with E-state index in [9.17, 15) is 20.0 Å². The molecular formula is C15H13N5O4. The van der Waals surface area contributed by atoms with Crippen LogP contribution >= 0.6 is 0 Å². The number of rotatable bonds is 5. The van der Waals surface area contributed by atoms with Gasteiger partial charge in [-0.25, -0.2) is 0 Å². The van der Waals surface area contributed by atoms with Crippen LogP contribution in [0.1, 0.15) is 16.2 Å². The highest BCUT2D eigenvalue weighted by Gasteiger charge is 2.16. The van der Waals surface area contributed by atoms with E-state index >= 15 is 0 Å². The minimum absolute atomic E-state index is 0.143. The van der Waals surface area contributed by atoms with Crippen LogP contribution in [0.5, 0.6) is 5.75 Å². The van der Waals surface area contributed by atoms with Gasteiger partial charge in [-0.2, -0.15) is 0 Å². The maximum Gasteiger partial charge on any atom is 0.310 e. The number of benzene rings is 1. The smallest absolute Gasteiger partial charge is 0.310 e. The highest BCUT2D eigenvalue weighted by Crippen LogP contribution is 2.26. The van der Waals surface area contributed by atoms with Gasteiger partial charge >= 0.3 is 5.69 Å². The molecule has 3 rings (SSSR count). The maximum atomic E-state index is 12.0. The van der Waals surface area contributed by atoms with Crippen LogP contribution in [0, 0.1) is 10.1 Å². The van der Waals surface area contributed by atoms with Gasteiger partial charge < -0.3 is 10.4 Å². The fraction of sp³-hybridized carbons (Fsp3) is 0.133. The Bertz CT molecular complexity index is 921. The van der Waals surface area contributed by atoms with Crippen LogP contribution in [0.4, 0.5) is 5.69 Å². The van der Waals surface area contributed by atoms with Crippen LogP contribution in [0.15, 0.2) is 42.6 Å². The van der Waals surface area contributed by atoms with Crippen molar-refractivity contribution in [3.8, 4) is 5.75 Å². The van der Waals surface area contributed by atoms with E-state index in [2.05, 4.69) is 15.5 Å². The molecule has 0 aliphatic rings. The monoisotopic (exact) mass is 327 g/mol. The number of phenolic OH excluding ortho intramolecular Hbond substituents is 1. The van der Waals surface area contributed by atoms with Crippen LogP contribution < -0.4 is 5.32 Å². The number of nitro groups is 1. The third kappa shape index (κ3) is 3.00. The molecule has 0 aliphatic heterocycles. The number of hydrogen-bond donors (Lipinski definition) is 2. The van der Waals surface area contributed by atoms with Crippen molar-refractivity contribution in [1.29, 1.82) is 0 Å². The van der Waals surface area contributed by atoms with Crippen molar-refractivity contribution in [2.45, 2.75) is 6.42 Å². The number of pyridine rings is 1. The lowest BCUT2D eigenvalue weighted by molar-refractivity contribution is -0.385. The lowest BCUT2D eigenvalue weighted by atomic mass is 10.1. The number of nitrogens with zero attached hydrogens (tertiary/aromatic N) is 4. The van der Waals surface area contributed by atoms with Gasteiger partial charge in [-0.1, -0.05) is 6.07 Å². The Hall–Kier alpha value is -3.49. The van der Waals surface area contributed by atoms with Gasteiger partial charge in [0.1, 0.15) is 5.82 Å². The number of carbonyl (C=O) groups excluding carboxylic acids is 1. The van der Waals surface area contributed by atoms with E-state index in [1.165, 1.54) is 6.07 Å². The molecule has 0 fully saturated rings. The zero-order chi connectivity index (χ0) is 17.1. The van der Waals surface area contributed by atoms with E-state index in [0.717, 1.165) is 17.8 Å². The standard InChI is InChI=1S/C15H13N5O4/c21-12-9-10(4-5-11(12)20(23)24)15(22)16-7-6-14-18-17-13-3-1-2-8-19(13)14/h1-5,8-9,21H,6-7H2,(H,16,22). The number of hydrogen-bond acceptors (Lipinski definition) is 6. The molecule has 9 heteroatoms. The summed E-state index contributed by atoms with van der Waals surface area (Å²) in [4.78, 5) is 22.0. The van der Waals surface area contributed by atoms with Gasteiger partial charge in [0.2, 0.25) is 0 Å². The zero-order valence-corrected chi connectivity index (χ0v) is 12.4. The Balaban J connectivity index is 1.63. The van der Waals surface area contributed by atoms with Crippen molar-refractivity contribution >= 4 is 17.2 Å². The maximum absolute atomic E-state index is 12.0. The number of nitro benzene ring substituents is 1. The second kappa shape index (κ2) is 6.32. The Kier molecular flexibility index (Phi) is 4.06. The molecule has 0 unspecified atom stereocenters. The number of carbonyl (C=O) groups is 1. The Morgan fingerprint density at radius 2 is 2.12 bits per heavy atom. The van der Waals surface area contributed by atoms with E-state index in [4.69, 9.17) is 0 Å². The number of aromatic hydroxyl groups is 1. The quantitative estimate of drug-likeness (QED) is 0.538. The van der Waals surface area contributed by atoms with Gasteiger partial charge in [-0.15, -0.1) is 10.2 Å². The molecule has 9 nitrogen and oxygen atoms in total. The van der Waals surface area contributed by atoms with Gasteiger partial charge in [0.05, 0.1) is 4.92 Å². The largest absolute Gasteiger partial charge is 0.502 e. The summed E-state index contributed by atoms with van der Waals surface area (Å²) in [5.74, 6) is -0.275. The zero-order valence-electron chi connectivity index (χ0n) is 12.4. The summed E-state index contributed by atoms with van der Waals surface area (Å²) in [7, 11) is 0. The summed E-state index contributed by atoms with van der Waals surface area (Å²) < 4.78 is 1.82. The predicted octanol–water partition coefficient (Wildman–Crippen LogP) is 1.32. The van der Waals surface area contributed by atoms with Crippen LogP contribution in [0.2, 0.25) is 0 Å². The van der Waals surface area contributed by atoms with Crippen LogP contribution in [-0.4, -0.2) is 37.1 Å². The molecule has 24 heavy (non-hydrogen) atoms. The van der Waals surface area contributed by atoms with Gasteiger partial charge in [0.15, 0.2) is 11.4 Å². The SMILES string of the molecule is O=C(NCCc1nnc2ccccn12)c1ccc([N+](=O)[O-])c(O)c1. The van der Waals surface area contributed by atoms with Crippen LogP contribution in [-0.2, 0) is 6.42 Å². The van der Waals surface area contributed by atoms with E-state index < -0.39 is 22.3 Å². The van der Waals surface area contributed by atoms with Gasteiger partial charge in [0.25, 0.3) is 5.91 Å². The molecule has 0 bridgehead atoms. The molecule has 0 atom stereocenters. The molecule has 1 amide bonds. The number of fused-ring (bicyclic) bond motifs is 1. The highest BCUT2D eigenvalue weighted by molar-refractivity contribution is 5.95. The third-order valence-corrected chi connectivity index (χ3v) is 3.45. The normalized spacial score (nSPS) is 10.7. The molecule has 0 spiro atoms. The summed E-state index contributed by atoms with van der Waals surface area (Å²) in [6.07, 6.45) is 2.30. The first-order chi connectivity index (χ1) is 11.6. The highest BCUT2D eigenvalue weighted by atomic mass is 16.6. The number of amides is 1. The lowest BCUT2D eigenvalue weighted by Gasteiger charge is -2.05. The van der Waals surface area contributed by atoms with Crippen molar-refractivity contribution in [3.05, 3.63) is 64.1 Å². The van der Waals surface area contributed by atoms with E-state index in [1.54, 1.807) is 0 Å². The Morgan fingerprint density at radius 1 is 1.29 bits per heavy atom. The molecule has 0 saturated heterocycles. The van der Waals surface area contributed by atoms with Gasteiger partial charge in [-0.05, 0) is 24.3 Å². The van der Waals surface area contributed by atoms with E-state index in [0.29, 0.717) is 18.8 Å². The molecule has 2 aromatic heterocycles. The summed E-state index contributed by atoms with van der Waals surface area (Å²) in [6, 6.07) is 9.00. The molecule has 2 heterocycles. The van der Waals surface area contributed by atoms with Crippen molar-refractivity contribution in [2.75, 3.05) is 6.54 Å². The summed E-state index contributed by atoms with van der Waals surface area (Å²) in [6.45, 7) is 0.312. The summed E-state index contributed by atoms with van der Waals surface area (Å²) >= 11 is 0. The summed E-state index contributed by atoms with van der Waals surface area (Å²) in [5, 5.41) is 31.0. The molecule has 0 saturated carbocycles. The number of nitrogens with one attached hydrogen (secondary N) is 1. The molecule has 0 aliphatic carbocycles. The first-order valence-corrected chi connectivity index (χ1v) is 7.10. The number of aromatic nitrogens is 3. The molecule has 122 valence electrons. The lowest BCUT2D eigenvalue weighted by Crippen LogP contribution is -2.26. The predicted molar refractivity (Wildman–Crippen MR) is 83.8 cm³/mol. The minimum Gasteiger partial charge on any atom is -0.502 e. The van der Waals surface area contributed by atoms with E-state index in [1.807, 2.05) is 28.8 Å². The van der Waals surface area contributed by atoms with E-state index in [-0.39, 0.29) is 5.56 Å². The third-order valence-electron chi connectivity index (χ3n) is 3.45. The second-order valence-electron chi connectivity index (χ2n) is 5.01. The fourth-order valence-corrected chi connectivity index (χ4v) is 2.27. The average molecular weight is 327 g/mol. The number of phenols is 1. The second-order valence-corrected chi connectivity index (χ2v) is 5.01. The Labute approximate surface area is 135 Å². The van der Waals surface area contributed by atoms with Crippen molar-refractivity contribution < 1.29 is 14.8 Å². The first kappa shape index (κ1) is 15.4. The summed E-state index contributed by atoms with van der Waals surface area (Å²) in [5.41, 5.74) is 0.421. The molecule has 3 aromatic rings. The minimum atomic E-state index is -0.715. The van der Waals surface area contributed by atoms with Crippen molar-refractivity contribution in [1.82, 2.24) is 19.9 Å².